The summed E-state index contributed by atoms with van der Waals surface area (Å²) in [5.74, 6) is 1.38. The van der Waals surface area contributed by atoms with Crippen molar-refractivity contribution in [1.82, 2.24) is 14.9 Å². The van der Waals surface area contributed by atoms with Crippen molar-refractivity contribution < 1.29 is 9.84 Å². The topological polar surface area (TPSA) is 70.5 Å². The molecule has 1 aromatic heterocycles. The van der Waals surface area contributed by atoms with Crippen molar-refractivity contribution in [2.75, 3.05) is 32.6 Å². The van der Waals surface area contributed by atoms with Gasteiger partial charge in [0.05, 0.1) is 12.7 Å². The van der Waals surface area contributed by atoms with E-state index < -0.39 is 5.60 Å². The van der Waals surface area contributed by atoms with Crippen LogP contribution in [0.15, 0.2) is 36.7 Å². The van der Waals surface area contributed by atoms with E-state index in [9.17, 15) is 5.11 Å². The predicted octanol–water partition coefficient (Wildman–Crippen LogP) is 2.01. The number of nitrogens with one attached hydrogen (secondary N) is 1. The first-order chi connectivity index (χ1) is 11.6. The van der Waals surface area contributed by atoms with E-state index in [2.05, 4.69) is 20.2 Å². The van der Waals surface area contributed by atoms with Gasteiger partial charge < -0.3 is 15.2 Å². The van der Waals surface area contributed by atoms with Crippen LogP contribution in [0.1, 0.15) is 24.0 Å². The molecule has 1 aromatic carbocycles. The van der Waals surface area contributed by atoms with Gasteiger partial charge in [0.1, 0.15) is 5.75 Å². The van der Waals surface area contributed by atoms with Crippen LogP contribution in [-0.2, 0) is 12.1 Å². The second kappa shape index (κ2) is 7.15. The van der Waals surface area contributed by atoms with E-state index in [1.54, 1.807) is 14.2 Å². The molecule has 1 aliphatic heterocycles. The number of ether oxygens (including phenoxy) is 1. The molecule has 0 saturated carbocycles. The van der Waals surface area contributed by atoms with Crippen LogP contribution in [0.3, 0.4) is 0 Å². The molecule has 1 aliphatic rings. The summed E-state index contributed by atoms with van der Waals surface area (Å²) in [4.78, 5) is 10.8. The van der Waals surface area contributed by atoms with Crippen molar-refractivity contribution in [2.45, 2.75) is 25.0 Å². The Hall–Kier alpha value is -2.18. The molecule has 128 valence electrons. The van der Waals surface area contributed by atoms with Crippen LogP contribution in [0.4, 0.5) is 5.95 Å². The lowest BCUT2D eigenvalue weighted by atomic mass is 9.84. The van der Waals surface area contributed by atoms with Crippen molar-refractivity contribution in [3.8, 4) is 5.75 Å². The van der Waals surface area contributed by atoms with Gasteiger partial charge in [-0.2, -0.15) is 0 Å². The van der Waals surface area contributed by atoms with Gasteiger partial charge in [0.2, 0.25) is 5.95 Å². The highest BCUT2D eigenvalue weighted by molar-refractivity contribution is 5.38. The summed E-state index contributed by atoms with van der Waals surface area (Å²) in [6.45, 7) is 2.44. The Labute approximate surface area is 142 Å². The molecular weight excluding hydrogens is 304 g/mol. The number of rotatable bonds is 5. The number of piperidine rings is 1. The molecular formula is C18H24N4O2. The fourth-order valence-electron chi connectivity index (χ4n) is 3.20. The number of methoxy groups -OCH3 is 1. The van der Waals surface area contributed by atoms with Crippen LogP contribution in [0.5, 0.6) is 5.75 Å². The summed E-state index contributed by atoms with van der Waals surface area (Å²) >= 11 is 0. The molecule has 2 N–H and O–H groups in total. The maximum Gasteiger partial charge on any atom is 0.222 e. The highest BCUT2D eigenvalue weighted by Crippen LogP contribution is 2.38. The standard InChI is InChI=1S/C18H24N4O2/c1-19-17-20-11-14(12-21-17)13-22-9-7-18(23,8-10-22)15-5-3-4-6-16(15)24-2/h3-6,11-12,23H,7-10,13H2,1-2H3,(H,19,20,21). The molecule has 0 bridgehead atoms. The molecule has 0 amide bonds. The minimum Gasteiger partial charge on any atom is -0.496 e. The number of nitrogens with zero attached hydrogens (tertiary/aromatic N) is 3. The highest BCUT2D eigenvalue weighted by Gasteiger charge is 2.36. The Balaban J connectivity index is 1.64. The SMILES string of the molecule is CNc1ncc(CN2CCC(O)(c3ccccc3OC)CC2)cn1. The second-order valence-corrected chi connectivity index (χ2v) is 6.17. The molecule has 0 atom stereocenters. The molecule has 0 aliphatic carbocycles. The van der Waals surface area contributed by atoms with Crippen LogP contribution in [0.25, 0.3) is 0 Å². The van der Waals surface area contributed by atoms with Crippen LogP contribution < -0.4 is 10.1 Å². The highest BCUT2D eigenvalue weighted by atomic mass is 16.5. The van der Waals surface area contributed by atoms with Crippen molar-refractivity contribution >= 4 is 5.95 Å². The largest absolute Gasteiger partial charge is 0.496 e. The van der Waals surface area contributed by atoms with Crippen molar-refractivity contribution in [3.63, 3.8) is 0 Å². The Kier molecular flexibility index (Phi) is 4.97. The number of aromatic nitrogens is 2. The van der Waals surface area contributed by atoms with E-state index in [1.165, 1.54) is 0 Å². The quantitative estimate of drug-likeness (QED) is 0.875. The monoisotopic (exact) mass is 328 g/mol. The Bertz CT molecular complexity index is 667. The molecule has 2 heterocycles. The first-order valence-electron chi connectivity index (χ1n) is 8.21. The molecule has 1 fully saturated rings. The normalized spacial score (nSPS) is 17.5. The zero-order valence-electron chi connectivity index (χ0n) is 14.2. The summed E-state index contributed by atoms with van der Waals surface area (Å²) in [6, 6.07) is 7.73. The van der Waals surface area contributed by atoms with Gasteiger partial charge >= 0.3 is 0 Å². The minimum absolute atomic E-state index is 0.628. The Morgan fingerprint density at radius 3 is 2.50 bits per heavy atom. The van der Waals surface area contributed by atoms with Crippen molar-refractivity contribution in [2.24, 2.45) is 0 Å². The zero-order valence-corrected chi connectivity index (χ0v) is 14.2. The minimum atomic E-state index is -0.824. The third kappa shape index (κ3) is 3.49. The smallest absolute Gasteiger partial charge is 0.222 e. The maximum atomic E-state index is 11.1. The molecule has 6 heteroatoms. The summed E-state index contributed by atoms with van der Waals surface area (Å²) < 4.78 is 5.41. The molecule has 6 nitrogen and oxygen atoms in total. The third-order valence-electron chi connectivity index (χ3n) is 4.63. The van der Waals surface area contributed by atoms with Gasteiger partial charge in [0, 0.05) is 50.2 Å². The lowest BCUT2D eigenvalue weighted by molar-refractivity contribution is -0.0292. The van der Waals surface area contributed by atoms with Gasteiger partial charge in [-0.05, 0) is 18.9 Å². The predicted molar refractivity (Wildman–Crippen MR) is 93.0 cm³/mol. The van der Waals surface area contributed by atoms with Crippen molar-refractivity contribution in [1.29, 1.82) is 0 Å². The number of likely N-dealkylation sites (tertiary alicyclic amines) is 1. The fraction of sp³-hybridized carbons (Fsp3) is 0.444. The van der Waals surface area contributed by atoms with E-state index in [0.29, 0.717) is 18.8 Å². The molecule has 3 rings (SSSR count). The van der Waals surface area contributed by atoms with Crippen molar-refractivity contribution in [3.05, 3.63) is 47.8 Å². The number of hydrogen-bond acceptors (Lipinski definition) is 6. The number of benzene rings is 1. The van der Waals surface area contributed by atoms with Gasteiger partial charge in [0.25, 0.3) is 0 Å². The van der Waals surface area contributed by atoms with E-state index in [1.807, 2.05) is 36.7 Å². The summed E-state index contributed by atoms with van der Waals surface area (Å²) in [5, 5.41) is 14.0. The summed E-state index contributed by atoms with van der Waals surface area (Å²) in [7, 11) is 3.45. The van der Waals surface area contributed by atoms with E-state index in [4.69, 9.17) is 4.74 Å². The molecule has 1 saturated heterocycles. The van der Waals surface area contributed by atoms with E-state index >= 15 is 0 Å². The third-order valence-corrected chi connectivity index (χ3v) is 4.63. The number of anilines is 1. The molecule has 2 aromatic rings. The number of para-hydroxylation sites is 1. The summed E-state index contributed by atoms with van der Waals surface area (Å²) in [5.41, 5.74) is 1.14. The molecule has 24 heavy (non-hydrogen) atoms. The number of hydrogen-bond donors (Lipinski definition) is 2. The average molecular weight is 328 g/mol. The molecule has 0 unspecified atom stereocenters. The van der Waals surface area contributed by atoms with E-state index in [0.717, 1.165) is 36.5 Å². The van der Waals surface area contributed by atoms with Crippen LogP contribution in [0, 0.1) is 0 Å². The van der Waals surface area contributed by atoms with Gasteiger partial charge in [-0.3, -0.25) is 4.90 Å². The maximum absolute atomic E-state index is 11.1. The first-order valence-corrected chi connectivity index (χ1v) is 8.21. The molecule has 0 radical (unpaired) electrons. The lowest BCUT2D eigenvalue weighted by Crippen LogP contribution is -2.42. The molecule has 0 spiro atoms. The fourth-order valence-corrected chi connectivity index (χ4v) is 3.20. The second-order valence-electron chi connectivity index (χ2n) is 6.17. The van der Waals surface area contributed by atoms with Gasteiger partial charge in [0.15, 0.2) is 0 Å². The number of aliphatic hydroxyl groups is 1. The van der Waals surface area contributed by atoms with Crippen LogP contribution in [0.2, 0.25) is 0 Å². The lowest BCUT2D eigenvalue weighted by Gasteiger charge is -2.39. The van der Waals surface area contributed by atoms with E-state index in [-0.39, 0.29) is 0 Å². The average Bonchev–Trinajstić information content (AvgIpc) is 2.64. The Morgan fingerprint density at radius 1 is 1.21 bits per heavy atom. The van der Waals surface area contributed by atoms with Crippen LogP contribution in [-0.4, -0.2) is 47.2 Å². The first kappa shape index (κ1) is 16.7. The van der Waals surface area contributed by atoms with Crippen LogP contribution >= 0.6 is 0 Å². The van der Waals surface area contributed by atoms with Gasteiger partial charge in [-0.15, -0.1) is 0 Å². The Morgan fingerprint density at radius 2 is 1.88 bits per heavy atom. The summed E-state index contributed by atoms with van der Waals surface area (Å²) in [6.07, 6.45) is 5.06. The zero-order chi connectivity index (χ0) is 17.0. The van der Waals surface area contributed by atoms with Gasteiger partial charge in [-0.25, -0.2) is 9.97 Å². The van der Waals surface area contributed by atoms with Gasteiger partial charge in [-0.1, -0.05) is 18.2 Å².